The van der Waals surface area contributed by atoms with Gasteiger partial charge in [0, 0.05) is 5.69 Å². The average molecular weight is 234 g/mol. The van der Waals surface area contributed by atoms with Gasteiger partial charge >= 0.3 is 0 Å². The molecule has 0 aliphatic rings. The SMILES string of the molecule is Cc1ccc(CNC(=O)c2c(N)n[nH]c2C)o1. The summed E-state index contributed by atoms with van der Waals surface area (Å²) >= 11 is 0. The minimum atomic E-state index is -0.261. The Morgan fingerprint density at radius 2 is 2.29 bits per heavy atom. The van der Waals surface area contributed by atoms with Crippen molar-refractivity contribution in [2.75, 3.05) is 5.73 Å². The number of nitrogens with one attached hydrogen (secondary N) is 2. The molecule has 90 valence electrons. The minimum Gasteiger partial charge on any atom is -0.465 e. The van der Waals surface area contributed by atoms with Crippen LogP contribution in [0, 0.1) is 13.8 Å². The van der Waals surface area contributed by atoms with Gasteiger partial charge in [-0.05, 0) is 26.0 Å². The van der Waals surface area contributed by atoms with Crippen LogP contribution in [-0.2, 0) is 6.54 Å². The lowest BCUT2D eigenvalue weighted by atomic mass is 10.2. The molecule has 17 heavy (non-hydrogen) atoms. The van der Waals surface area contributed by atoms with E-state index < -0.39 is 0 Å². The normalized spacial score (nSPS) is 10.5. The molecule has 6 heteroatoms. The molecule has 6 nitrogen and oxygen atoms in total. The van der Waals surface area contributed by atoms with E-state index in [1.165, 1.54) is 0 Å². The van der Waals surface area contributed by atoms with E-state index in [-0.39, 0.29) is 11.7 Å². The summed E-state index contributed by atoms with van der Waals surface area (Å²) in [4.78, 5) is 11.8. The van der Waals surface area contributed by atoms with Crippen LogP contribution in [0.3, 0.4) is 0 Å². The molecule has 2 heterocycles. The number of hydrogen-bond acceptors (Lipinski definition) is 4. The van der Waals surface area contributed by atoms with Crippen LogP contribution < -0.4 is 11.1 Å². The molecule has 0 spiro atoms. The second-order valence-corrected chi connectivity index (χ2v) is 3.80. The van der Waals surface area contributed by atoms with Crippen LogP contribution >= 0.6 is 0 Å². The topological polar surface area (TPSA) is 96.9 Å². The van der Waals surface area contributed by atoms with Crippen LogP contribution in [0.5, 0.6) is 0 Å². The number of aromatic amines is 1. The Morgan fingerprint density at radius 3 is 2.82 bits per heavy atom. The minimum absolute atomic E-state index is 0.204. The van der Waals surface area contributed by atoms with E-state index >= 15 is 0 Å². The maximum Gasteiger partial charge on any atom is 0.257 e. The third-order valence-corrected chi connectivity index (χ3v) is 2.42. The molecule has 0 atom stereocenters. The van der Waals surface area contributed by atoms with E-state index in [0.29, 0.717) is 23.6 Å². The average Bonchev–Trinajstić information content (AvgIpc) is 2.83. The predicted octanol–water partition coefficient (Wildman–Crippen LogP) is 1.13. The Kier molecular flexibility index (Phi) is 2.86. The fourth-order valence-corrected chi connectivity index (χ4v) is 1.57. The van der Waals surface area contributed by atoms with Crippen molar-refractivity contribution in [2.45, 2.75) is 20.4 Å². The molecule has 0 aliphatic heterocycles. The van der Waals surface area contributed by atoms with Gasteiger partial charge in [-0.25, -0.2) is 0 Å². The maximum atomic E-state index is 11.8. The van der Waals surface area contributed by atoms with Gasteiger partial charge in [-0.3, -0.25) is 9.89 Å². The van der Waals surface area contributed by atoms with Crippen LogP contribution in [0.15, 0.2) is 16.5 Å². The number of nitrogen functional groups attached to an aromatic ring is 1. The number of nitrogens with two attached hydrogens (primary N) is 1. The van der Waals surface area contributed by atoms with Gasteiger partial charge in [-0.15, -0.1) is 0 Å². The molecule has 0 fully saturated rings. The van der Waals surface area contributed by atoms with E-state index in [0.717, 1.165) is 5.76 Å². The molecule has 0 saturated heterocycles. The summed E-state index contributed by atoms with van der Waals surface area (Å²) in [6.07, 6.45) is 0. The molecule has 2 rings (SSSR count). The zero-order valence-electron chi connectivity index (χ0n) is 9.70. The molecule has 0 saturated carbocycles. The first-order chi connectivity index (χ1) is 8.08. The van der Waals surface area contributed by atoms with Gasteiger partial charge in [0.25, 0.3) is 5.91 Å². The number of amides is 1. The molecule has 0 unspecified atom stereocenters. The number of furan rings is 1. The quantitative estimate of drug-likeness (QED) is 0.741. The molecule has 4 N–H and O–H groups in total. The second kappa shape index (κ2) is 4.32. The summed E-state index contributed by atoms with van der Waals surface area (Å²) in [5, 5.41) is 9.15. The number of aryl methyl sites for hydroxylation is 2. The number of H-pyrrole nitrogens is 1. The molecule has 0 radical (unpaired) electrons. The molecular weight excluding hydrogens is 220 g/mol. The summed E-state index contributed by atoms with van der Waals surface area (Å²) in [6.45, 7) is 3.93. The Hall–Kier alpha value is -2.24. The number of rotatable bonds is 3. The summed E-state index contributed by atoms with van der Waals surface area (Å²) < 4.78 is 5.34. The molecule has 1 amide bonds. The van der Waals surface area contributed by atoms with Gasteiger partial charge < -0.3 is 15.5 Å². The zero-order chi connectivity index (χ0) is 12.4. The largest absolute Gasteiger partial charge is 0.465 e. The third kappa shape index (κ3) is 2.30. The van der Waals surface area contributed by atoms with E-state index in [1.807, 2.05) is 19.1 Å². The highest BCUT2D eigenvalue weighted by atomic mass is 16.3. The molecule has 0 aliphatic carbocycles. The predicted molar refractivity (Wildman–Crippen MR) is 62.4 cm³/mol. The maximum absolute atomic E-state index is 11.8. The highest BCUT2D eigenvalue weighted by Gasteiger charge is 2.15. The van der Waals surface area contributed by atoms with E-state index in [1.54, 1.807) is 6.92 Å². The smallest absolute Gasteiger partial charge is 0.257 e. The van der Waals surface area contributed by atoms with E-state index in [9.17, 15) is 4.79 Å². The van der Waals surface area contributed by atoms with Crippen LogP contribution in [0.4, 0.5) is 5.82 Å². The van der Waals surface area contributed by atoms with Gasteiger partial charge in [0.05, 0.1) is 6.54 Å². The Bertz CT molecular complexity index is 522. The summed E-state index contributed by atoms with van der Waals surface area (Å²) in [5.74, 6) is 1.46. The lowest BCUT2D eigenvalue weighted by Gasteiger charge is -2.02. The highest BCUT2D eigenvalue weighted by Crippen LogP contribution is 2.12. The van der Waals surface area contributed by atoms with Gasteiger partial charge in [0.15, 0.2) is 5.82 Å². The summed E-state index contributed by atoms with van der Waals surface area (Å²) in [5.41, 5.74) is 6.62. The number of aromatic nitrogens is 2. The van der Waals surface area contributed by atoms with Crippen molar-refractivity contribution in [1.82, 2.24) is 15.5 Å². The monoisotopic (exact) mass is 234 g/mol. The van der Waals surface area contributed by atoms with Crippen molar-refractivity contribution in [3.8, 4) is 0 Å². The van der Waals surface area contributed by atoms with Crippen molar-refractivity contribution in [3.05, 3.63) is 34.9 Å². The van der Waals surface area contributed by atoms with Crippen molar-refractivity contribution in [1.29, 1.82) is 0 Å². The van der Waals surface area contributed by atoms with E-state index in [4.69, 9.17) is 10.2 Å². The highest BCUT2D eigenvalue weighted by molar-refractivity contribution is 5.99. The van der Waals surface area contributed by atoms with Gasteiger partial charge in [0.2, 0.25) is 0 Å². The van der Waals surface area contributed by atoms with E-state index in [2.05, 4.69) is 15.5 Å². The number of carbonyl (C=O) groups is 1. The number of hydrogen-bond donors (Lipinski definition) is 3. The lowest BCUT2D eigenvalue weighted by Crippen LogP contribution is -2.23. The second-order valence-electron chi connectivity index (χ2n) is 3.80. The van der Waals surface area contributed by atoms with Crippen molar-refractivity contribution >= 4 is 11.7 Å². The zero-order valence-corrected chi connectivity index (χ0v) is 9.70. The number of carbonyl (C=O) groups excluding carboxylic acids is 1. The van der Waals surface area contributed by atoms with Crippen LogP contribution in [-0.4, -0.2) is 16.1 Å². The van der Waals surface area contributed by atoms with Gasteiger partial charge in [-0.2, -0.15) is 5.10 Å². The Morgan fingerprint density at radius 1 is 1.53 bits per heavy atom. The van der Waals surface area contributed by atoms with Crippen LogP contribution in [0.1, 0.15) is 27.6 Å². The van der Waals surface area contributed by atoms with Crippen LogP contribution in [0.25, 0.3) is 0 Å². The van der Waals surface area contributed by atoms with Crippen molar-refractivity contribution in [3.63, 3.8) is 0 Å². The fraction of sp³-hybridized carbons (Fsp3) is 0.273. The first-order valence-corrected chi connectivity index (χ1v) is 5.22. The molecular formula is C11H14N4O2. The molecule has 2 aromatic heterocycles. The first-order valence-electron chi connectivity index (χ1n) is 5.22. The fourth-order valence-electron chi connectivity index (χ4n) is 1.57. The molecule has 0 bridgehead atoms. The standard InChI is InChI=1S/C11H14N4O2/c1-6-3-4-8(17-6)5-13-11(16)9-7(2)14-15-10(9)12/h3-4H,5H2,1-2H3,(H,13,16)(H3,12,14,15). The summed E-state index contributed by atoms with van der Waals surface area (Å²) in [6, 6.07) is 3.67. The Balaban J connectivity index is 2.03. The third-order valence-electron chi connectivity index (χ3n) is 2.42. The van der Waals surface area contributed by atoms with Crippen molar-refractivity contribution < 1.29 is 9.21 Å². The van der Waals surface area contributed by atoms with Crippen molar-refractivity contribution in [2.24, 2.45) is 0 Å². The van der Waals surface area contributed by atoms with Gasteiger partial charge in [0.1, 0.15) is 17.1 Å². The van der Waals surface area contributed by atoms with Gasteiger partial charge in [-0.1, -0.05) is 0 Å². The number of nitrogens with zero attached hydrogens (tertiary/aromatic N) is 1. The molecule has 2 aromatic rings. The first kappa shape index (κ1) is 11.3. The summed E-state index contributed by atoms with van der Waals surface area (Å²) in [7, 11) is 0. The number of anilines is 1. The Labute approximate surface area is 98.2 Å². The molecule has 0 aromatic carbocycles. The lowest BCUT2D eigenvalue weighted by molar-refractivity contribution is 0.0948. The van der Waals surface area contributed by atoms with Crippen LogP contribution in [0.2, 0.25) is 0 Å².